The highest BCUT2D eigenvalue weighted by Crippen LogP contribution is 2.76. The van der Waals surface area contributed by atoms with Crippen LogP contribution < -0.4 is 0 Å². The maximum atomic E-state index is 11.3. The lowest BCUT2D eigenvalue weighted by Crippen LogP contribution is -2.67. The Balaban J connectivity index is 1.14. The van der Waals surface area contributed by atoms with E-state index in [9.17, 15) is 40.9 Å². The highest BCUT2D eigenvalue weighted by molar-refractivity contribution is 5.34. The highest BCUT2D eigenvalue weighted by Gasteiger charge is 2.69. The van der Waals surface area contributed by atoms with Crippen LogP contribution in [0.15, 0.2) is 11.6 Å². The van der Waals surface area contributed by atoms with Crippen molar-refractivity contribution >= 4 is 0 Å². The molecular formula is C42H70O12. The molecule has 0 amide bonds. The molecule has 0 spiro atoms. The van der Waals surface area contributed by atoms with Gasteiger partial charge in [-0.25, -0.2) is 0 Å². The minimum atomic E-state index is -1.73. The summed E-state index contributed by atoms with van der Waals surface area (Å²) in [7, 11) is 0. The van der Waals surface area contributed by atoms with E-state index < -0.39 is 74.6 Å². The molecule has 6 fully saturated rings. The van der Waals surface area contributed by atoms with Crippen LogP contribution in [0.5, 0.6) is 0 Å². The number of aliphatic hydroxyl groups excluding tert-OH is 8. The largest absolute Gasteiger partial charge is 0.396 e. The van der Waals surface area contributed by atoms with Gasteiger partial charge in [-0.2, -0.15) is 0 Å². The molecule has 7 rings (SSSR count). The zero-order chi connectivity index (χ0) is 39.4. The molecule has 0 bridgehead atoms. The number of hydrogen-bond acceptors (Lipinski definition) is 12. The van der Waals surface area contributed by atoms with E-state index in [1.54, 1.807) is 5.57 Å². The molecule has 7 aliphatic rings. The van der Waals surface area contributed by atoms with Crippen LogP contribution in [0.2, 0.25) is 0 Å². The molecule has 2 heterocycles. The van der Waals surface area contributed by atoms with Crippen LogP contribution in [-0.4, -0.2) is 128 Å². The molecule has 2 aliphatic heterocycles. The topological polar surface area (TPSA) is 199 Å². The Kier molecular flexibility index (Phi) is 10.9. The van der Waals surface area contributed by atoms with Crippen LogP contribution in [0.3, 0.4) is 0 Å². The first kappa shape index (κ1) is 41.4. The molecule has 4 saturated carbocycles. The van der Waals surface area contributed by atoms with Crippen LogP contribution in [0.25, 0.3) is 0 Å². The van der Waals surface area contributed by atoms with E-state index >= 15 is 0 Å². The first-order chi connectivity index (χ1) is 25.2. The average Bonchev–Trinajstić information content (AvgIpc) is 3.12. The second-order valence-corrected chi connectivity index (χ2v) is 20.7. The smallest absolute Gasteiger partial charge is 0.187 e. The third-order valence-corrected chi connectivity index (χ3v) is 17.3. The summed E-state index contributed by atoms with van der Waals surface area (Å²) in [5.41, 5.74) is 1.69. The molecule has 0 radical (unpaired) electrons. The standard InChI is InChI=1S/C42H70O12/c1-37(2)14-16-42(21-45)17-15-40(6)22(23(42)18-37)8-9-27-39(5)12-11-28(38(3,4)26(39)10-13-41(27,40)7)53-36-34(32(49)30(47)25(20-44)52-36)54-35-33(50)31(48)29(46)24(19-43)51-35/h8,23-36,43-50H,9-21H2,1-7H3/t23-,24+,25+,26-,27+,28-,29+,30+,31-,32-,33+,34+,35-,36-,39-,40+,41+,42+/m0/s1. The van der Waals surface area contributed by atoms with Gasteiger partial charge < -0.3 is 59.8 Å². The van der Waals surface area contributed by atoms with Gasteiger partial charge in [0.1, 0.15) is 48.8 Å². The number of fused-ring (bicyclic) bond motifs is 7. The lowest BCUT2D eigenvalue weighted by atomic mass is 9.33. The van der Waals surface area contributed by atoms with E-state index in [2.05, 4.69) is 54.5 Å². The SMILES string of the molecule is CC1(C)CC[C@]2(CO)CC[C@]3(C)C(=CC[C@@H]4[C@@]5(C)CC[C@H](O[C@@H]6O[C@H](CO)[C@@H](O)[C@H](O)[C@H]6O[C@@H]6O[C@H](CO)[C@@H](O)[C@H](O)[C@H]6O)C(C)(C)[C@@H]5CC[C@]43C)[C@@H]2C1. The Bertz CT molecular complexity index is 1400. The monoisotopic (exact) mass is 766 g/mol. The Morgan fingerprint density at radius 3 is 1.94 bits per heavy atom. The normalized spacial score (nSPS) is 54.0. The molecular weight excluding hydrogens is 696 g/mol. The van der Waals surface area contributed by atoms with Crippen molar-refractivity contribution in [3.63, 3.8) is 0 Å². The molecule has 0 unspecified atom stereocenters. The summed E-state index contributed by atoms with van der Waals surface area (Å²) in [6, 6.07) is 0. The molecule has 0 aromatic carbocycles. The second kappa shape index (κ2) is 14.2. The molecule has 310 valence electrons. The Hall–Kier alpha value is -0.740. The second-order valence-electron chi connectivity index (χ2n) is 20.7. The number of ether oxygens (including phenoxy) is 4. The number of allylic oxidation sites excluding steroid dienone is 2. The predicted octanol–water partition coefficient (Wildman–Crippen LogP) is 2.79. The average molecular weight is 767 g/mol. The maximum absolute atomic E-state index is 11.3. The maximum Gasteiger partial charge on any atom is 0.187 e. The highest BCUT2D eigenvalue weighted by atomic mass is 16.8. The predicted molar refractivity (Wildman–Crippen MR) is 197 cm³/mol. The van der Waals surface area contributed by atoms with Gasteiger partial charge in [-0.15, -0.1) is 0 Å². The fourth-order valence-electron chi connectivity index (χ4n) is 13.7. The molecule has 54 heavy (non-hydrogen) atoms. The van der Waals surface area contributed by atoms with Crippen molar-refractivity contribution in [2.45, 2.75) is 180 Å². The molecule has 8 N–H and O–H groups in total. The van der Waals surface area contributed by atoms with E-state index in [1.807, 2.05) is 0 Å². The number of aliphatic hydroxyl groups is 8. The summed E-state index contributed by atoms with van der Waals surface area (Å²) >= 11 is 0. The summed E-state index contributed by atoms with van der Waals surface area (Å²) in [5.74, 6) is 1.17. The van der Waals surface area contributed by atoms with Crippen LogP contribution in [0.4, 0.5) is 0 Å². The minimum absolute atomic E-state index is 0.00717. The molecule has 0 aromatic heterocycles. The zero-order valence-electron chi connectivity index (χ0n) is 33.6. The van der Waals surface area contributed by atoms with Crippen molar-refractivity contribution < 1.29 is 59.8 Å². The lowest BCUT2D eigenvalue weighted by Gasteiger charge is -2.71. The fraction of sp³-hybridized carbons (Fsp3) is 0.952. The Morgan fingerprint density at radius 1 is 0.667 bits per heavy atom. The summed E-state index contributed by atoms with van der Waals surface area (Å²) in [6.07, 6.45) is -2.22. The summed E-state index contributed by atoms with van der Waals surface area (Å²) in [5, 5.41) is 84.3. The van der Waals surface area contributed by atoms with Crippen molar-refractivity contribution in [3.8, 4) is 0 Å². The van der Waals surface area contributed by atoms with Gasteiger partial charge >= 0.3 is 0 Å². The number of hydrogen-bond donors (Lipinski definition) is 8. The van der Waals surface area contributed by atoms with Crippen molar-refractivity contribution in [2.75, 3.05) is 19.8 Å². The van der Waals surface area contributed by atoms with Crippen LogP contribution in [0.1, 0.15) is 113 Å². The van der Waals surface area contributed by atoms with Gasteiger partial charge in [-0.1, -0.05) is 60.1 Å². The summed E-state index contributed by atoms with van der Waals surface area (Å²) in [6.45, 7) is 15.9. The van der Waals surface area contributed by atoms with Crippen LogP contribution >= 0.6 is 0 Å². The van der Waals surface area contributed by atoms with Crippen LogP contribution in [0, 0.1) is 50.2 Å². The van der Waals surface area contributed by atoms with E-state index in [0.29, 0.717) is 24.2 Å². The van der Waals surface area contributed by atoms with Gasteiger partial charge in [0.2, 0.25) is 0 Å². The van der Waals surface area contributed by atoms with Crippen molar-refractivity contribution in [1.82, 2.24) is 0 Å². The van der Waals surface area contributed by atoms with Crippen molar-refractivity contribution in [3.05, 3.63) is 11.6 Å². The Morgan fingerprint density at radius 2 is 1.30 bits per heavy atom. The molecule has 18 atom stereocenters. The first-order valence-corrected chi connectivity index (χ1v) is 20.8. The summed E-state index contributed by atoms with van der Waals surface area (Å²) in [4.78, 5) is 0. The van der Waals surface area contributed by atoms with Crippen molar-refractivity contribution in [1.29, 1.82) is 0 Å². The lowest BCUT2D eigenvalue weighted by molar-refractivity contribution is -0.378. The van der Waals surface area contributed by atoms with E-state index in [-0.39, 0.29) is 45.2 Å². The Labute approximate surface area is 321 Å². The molecule has 12 nitrogen and oxygen atoms in total. The quantitative estimate of drug-likeness (QED) is 0.140. The van der Waals surface area contributed by atoms with Gasteiger partial charge in [0, 0.05) is 12.0 Å². The van der Waals surface area contributed by atoms with Gasteiger partial charge in [0.15, 0.2) is 12.6 Å². The van der Waals surface area contributed by atoms with Gasteiger partial charge in [-0.3, -0.25) is 0 Å². The minimum Gasteiger partial charge on any atom is -0.396 e. The van der Waals surface area contributed by atoms with Gasteiger partial charge in [0.05, 0.1) is 19.3 Å². The van der Waals surface area contributed by atoms with Crippen LogP contribution in [-0.2, 0) is 18.9 Å². The zero-order valence-corrected chi connectivity index (χ0v) is 33.6. The van der Waals surface area contributed by atoms with E-state index in [0.717, 1.165) is 51.4 Å². The van der Waals surface area contributed by atoms with Crippen molar-refractivity contribution in [2.24, 2.45) is 50.2 Å². The first-order valence-electron chi connectivity index (χ1n) is 20.8. The van der Waals surface area contributed by atoms with E-state index in [1.165, 1.54) is 6.42 Å². The molecule has 2 saturated heterocycles. The fourth-order valence-corrected chi connectivity index (χ4v) is 13.7. The molecule has 0 aromatic rings. The van der Waals surface area contributed by atoms with Gasteiger partial charge in [0.25, 0.3) is 0 Å². The third-order valence-electron chi connectivity index (χ3n) is 17.3. The summed E-state index contributed by atoms with van der Waals surface area (Å²) < 4.78 is 24.5. The van der Waals surface area contributed by atoms with Gasteiger partial charge in [-0.05, 0) is 109 Å². The third kappa shape index (κ3) is 6.14. The number of rotatable bonds is 7. The van der Waals surface area contributed by atoms with E-state index in [4.69, 9.17) is 18.9 Å². The molecule has 12 heteroatoms. The molecule has 5 aliphatic carbocycles.